The molecule has 1 unspecified atom stereocenters. The van der Waals surface area contributed by atoms with Gasteiger partial charge in [-0.25, -0.2) is 15.0 Å². The van der Waals surface area contributed by atoms with Gasteiger partial charge in [-0.15, -0.1) is 0 Å². The molecule has 148 valence electrons. The molecule has 0 saturated carbocycles. The average molecular weight is 388 g/mol. The second-order valence-corrected chi connectivity index (χ2v) is 7.44. The van der Waals surface area contributed by atoms with Gasteiger partial charge in [0.1, 0.15) is 11.5 Å². The second kappa shape index (κ2) is 8.34. The Morgan fingerprint density at radius 2 is 1.86 bits per heavy atom. The molecule has 1 aliphatic heterocycles. The van der Waals surface area contributed by atoms with Crippen molar-refractivity contribution in [2.45, 2.75) is 32.7 Å². The van der Waals surface area contributed by atoms with Gasteiger partial charge in [-0.05, 0) is 56.0 Å². The van der Waals surface area contributed by atoms with E-state index in [1.54, 1.807) is 24.7 Å². The van der Waals surface area contributed by atoms with Crippen LogP contribution in [0.2, 0.25) is 0 Å². The monoisotopic (exact) mass is 388 g/mol. The molecule has 0 aliphatic carbocycles. The smallest absolute Gasteiger partial charge is 0.273 e. The fourth-order valence-electron chi connectivity index (χ4n) is 3.54. The molecule has 0 radical (unpaired) electrons. The normalized spacial score (nSPS) is 16.5. The Balaban J connectivity index is 1.54. The van der Waals surface area contributed by atoms with Gasteiger partial charge in [0.15, 0.2) is 5.82 Å². The van der Waals surface area contributed by atoms with Gasteiger partial charge < -0.3 is 10.2 Å². The second-order valence-electron chi connectivity index (χ2n) is 7.44. The Kier molecular flexibility index (Phi) is 5.46. The maximum Gasteiger partial charge on any atom is 0.273 e. The molecule has 3 aromatic heterocycles. The first kappa shape index (κ1) is 19.0. The number of anilines is 1. The molecule has 4 heterocycles. The minimum absolute atomic E-state index is 0.0872. The van der Waals surface area contributed by atoms with Crippen molar-refractivity contribution in [1.29, 1.82) is 0 Å². The molecule has 1 saturated heterocycles. The van der Waals surface area contributed by atoms with Crippen molar-refractivity contribution in [3.05, 3.63) is 65.9 Å². The molecule has 0 spiro atoms. The van der Waals surface area contributed by atoms with Gasteiger partial charge in [0, 0.05) is 43.9 Å². The highest BCUT2D eigenvalue weighted by molar-refractivity contribution is 5.98. The molecule has 0 aromatic carbocycles. The number of aryl methyl sites for hydroxylation is 2. The molecular formula is C22H24N6O. The fourth-order valence-corrected chi connectivity index (χ4v) is 3.54. The molecule has 1 fully saturated rings. The van der Waals surface area contributed by atoms with Crippen LogP contribution in [0.1, 0.15) is 34.5 Å². The zero-order valence-corrected chi connectivity index (χ0v) is 16.7. The molecule has 0 bridgehead atoms. The third-order valence-corrected chi connectivity index (χ3v) is 5.01. The Morgan fingerprint density at radius 1 is 1.07 bits per heavy atom. The van der Waals surface area contributed by atoms with E-state index >= 15 is 0 Å². The van der Waals surface area contributed by atoms with Crippen molar-refractivity contribution < 1.29 is 4.79 Å². The topological polar surface area (TPSA) is 83.9 Å². The van der Waals surface area contributed by atoms with Gasteiger partial charge in [-0.1, -0.05) is 6.07 Å². The van der Waals surface area contributed by atoms with E-state index in [-0.39, 0.29) is 11.9 Å². The van der Waals surface area contributed by atoms with E-state index in [1.165, 1.54) is 0 Å². The molecule has 1 aliphatic rings. The van der Waals surface area contributed by atoms with E-state index in [0.717, 1.165) is 29.8 Å². The van der Waals surface area contributed by atoms with Crippen LogP contribution in [-0.2, 0) is 0 Å². The highest BCUT2D eigenvalue weighted by Gasteiger charge is 2.27. The van der Waals surface area contributed by atoms with Crippen LogP contribution in [0.15, 0.2) is 49.1 Å². The summed E-state index contributed by atoms with van der Waals surface area (Å²) in [7, 11) is 0. The lowest BCUT2D eigenvalue weighted by Crippen LogP contribution is -2.45. The van der Waals surface area contributed by atoms with E-state index in [4.69, 9.17) is 0 Å². The number of aromatic nitrogens is 4. The van der Waals surface area contributed by atoms with Crippen molar-refractivity contribution >= 4 is 11.7 Å². The summed E-state index contributed by atoms with van der Waals surface area (Å²) in [4.78, 5) is 32.7. The van der Waals surface area contributed by atoms with Gasteiger partial charge in [0.05, 0.1) is 5.56 Å². The first-order valence-corrected chi connectivity index (χ1v) is 9.82. The fraction of sp³-hybridized carbons (Fsp3) is 0.318. The Morgan fingerprint density at radius 3 is 2.62 bits per heavy atom. The number of amides is 1. The molecule has 29 heavy (non-hydrogen) atoms. The van der Waals surface area contributed by atoms with E-state index in [9.17, 15) is 4.79 Å². The van der Waals surface area contributed by atoms with E-state index in [0.29, 0.717) is 30.2 Å². The lowest BCUT2D eigenvalue weighted by Gasteiger charge is -2.33. The molecule has 7 heteroatoms. The summed E-state index contributed by atoms with van der Waals surface area (Å²) in [5.41, 5.74) is 3.16. The van der Waals surface area contributed by atoms with Crippen molar-refractivity contribution in [3.8, 4) is 11.4 Å². The maximum absolute atomic E-state index is 13.3. The zero-order chi connectivity index (χ0) is 20.2. The Labute approximate surface area is 170 Å². The first-order valence-electron chi connectivity index (χ1n) is 9.82. The summed E-state index contributed by atoms with van der Waals surface area (Å²) >= 11 is 0. The molecule has 4 rings (SSSR count). The van der Waals surface area contributed by atoms with E-state index in [1.807, 2.05) is 43.1 Å². The number of likely N-dealkylation sites (tertiary alicyclic amines) is 1. The van der Waals surface area contributed by atoms with Crippen molar-refractivity contribution in [1.82, 2.24) is 24.8 Å². The van der Waals surface area contributed by atoms with Crippen LogP contribution in [-0.4, -0.2) is 49.9 Å². The molecule has 3 aromatic rings. The minimum Gasteiger partial charge on any atom is -0.366 e. The molecule has 1 N–H and O–H groups in total. The molecular weight excluding hydrogens is 364 g/mol. The lowest BCUT2D eigenvalue weighted by atomic mass is 10.0. The highest BCUT2D eigenvalue weighted by Crippen LogP contribution is 2.23. The number of carbonyl (C=O) groups excluding carboxylic acids is 1. The van der Waals surface area contributed by atoms with Gasteiger partial charge in [0.25, 0.3) is 5.91 Å². The van der Waals surface area contributed by atoms with Crippen molar-refractivity contribution in [2.24, 2.45) is 0 Å². The van der Waals surface area contributed by atoms with Crippen LogP contribution >= 0.6 is 0 Å². The zero-order valence-electron chi connectivity index (χ0n) is 16.7. The van der Waals surface area contributed by atoms with Gasteiger partial charge >= 0.3 is 0 Å². The van der Waals surface area contributed by atoms with Crippen LogP contribution in [0, 0.1) is 13.8 Å². The molecule has 7 nitrogen and oxygen atoms in total. The number of nitrogens with zero attached hydrogens (tertiary/aromatic N) is 5. The number of piperidine rings is 1. The number of pyridine rings is 2. The predicted molar refractivity (Wildman–Crippen MR) is 112 cm³/mol. The summed E-state index contributed by atoms with van der Waals surface area (Å²) in [5, 5.41) is 3.45. The SMILES string of the molecule is Cc1ccc(NC2CCCN(C(=O)c3ncc(C)cc3-c3ncccn3)C2)nc1. The third-order valence-electron chi connectivity index (χ3n) is 5.01. The standard InChI is InChI=1S/C22H24N6O/c1-15-6-7-19(25-12-15)27-17-5-3-10-28(14-17)22(29)20-18(11-16(2)13-26-20)21-23-8-4-9-24-21/h4,6-9,11-13,17H,3,5,10,14H2,1-2H3,(H,25,27). The molecule has 1 amide bonds. The quantitative estimate of drug-likeness (QED) is 0.738. The van der Waals surface area contributed by atoms with Gasteiger partial charge in [-0.3, -0.25) is 9.78 Å². The van der Waals surface area contributed by atoms with Gasteiger partial charge in [0.2, 0.25) is 0 Å². The van der Waals surface area contributed by atoms with Crippen LogP contribution in [0.4, 0.5) is 5.82 Å². The minimum atomic E-state index is -0.0872. The number of nitrogens with one attached hydrogen (secondary N) is 1. The largest absolute Gasteiger partial charge is 0.366 e. The number of hydrogen-bond donors (Lipinski definition) is 1. The predicted octanol–water partition coefficient (Wildman–Crippen LogP) is 3.27. The summed E-state index contributed by atoms with van der Waals surface area (Å²) in [6.07, 6.45) is 8.84. The van der Waals surface area contributed by atoms with E-state index in [2.05, 4.69) is 25.3 Å². The summed E-state index contributed by atoms with van der Waals surface area (Å²) in [5.74, 6) is 1.26. The van der Waals surface area contributed by atoms with E-state index < -0.39 is 0 Å². The van der Waals surface area contributed by atoms with Crippen LogP contribution in [0.3, 0.4) is 0 Å². The van der Waals surface area contributed by atoms with Crippen LogP contribution in [0.5, 0.6) is 0 Å². The number of carbonyl (C=O) groups is 1. The van der Waals surface area contributed by atoms with Gasteiger partial charge in [-0.2, -0.15) is 0 Å². The summed E-state index contributed by atoms with van der Waals surface area (Å²) in [6, 6.07) is 7.84. The Bertz CT molecular complexity index is 990. The highest BCUT2D eigenvalue weighted by atomic mass is 16.2. The first-order chi connectivity index (χ1) is 14.1. The number of rotatable bonds is 4. The average Bonchev–Trinajstić information content (AvgIpc) is 2.76. The summed E-state index contributed by atoms with van der Waals surface area (Å²) < 4.78 is 0. The van der Waals surface area contributed by atoms with Crippen molar-refractivity contribution in [3.63, 3.8) is 0 Å². The lowest BCUT2D eigenvalue weighted by molar-refractivity contribution is 0.0709. The third kappa shape index (κ3) is 4.39. The maximum atomic E-state index is 13.3. The Hall–Kier alpha value is -3.35. The number of hydrogen-bond acceptors (Lipinski definition) is 6. The van der Waals surface area contributed by atoms with Crippen LogP contribution in [0.25, 0.3) is 11.4 Å². The summed E-state index contributed by atoms with van der Waals surface area (Å²) in [6.45, 7) is 5.28. The molecule has 1 atom stereocenters. The van der Waals surface area contributed by atoms with Crippen LogP contribution < -0.4 is 5.32 Å². The van der Waals surface area contributed by atoms with Crippen molar-refractivity contribution in [2.75, 3.05) is 18.4 Å².